The number of halogens is 6. The van der Waals surface area contributed by atoms with Gasteiger partial charge in [-0.15, -0.1) is 0 Å². The maximum absolute atomic E-state index is 14.2. The van der Waals surface area contributed by atoms with Crippen LogP contribution in [0.25, 0.3) is 10.9 Å². The Morgan fingerprint density at radius 1 is 1.10 bits per heavy atom. The first-order chi connectivity index (χ1) is 18.4. The first-order valence-corrected chi connectivity index (χ1v) is 12.3. The summed E-state index contributed by atoms with van der Waals surface area (Å²) in [6, 6.07) is 5.74. The van der Waals surface area contributed by atoms with E-state index in [0.717, 1.165) is 30.7 Å². The highest BCUT2D eigenvalue weighted by molar-refractivity contribution is 6.31. The molecule has 1 atom stereocenters. The number of nitrogens with zero attached hydrogens (tertiary/aromatic N) is 2. The number of aromatic nitrogens is 2. The summed E-state index contributed by atoms with van der Waals surface area (Å²) in [7, 11) is 1.73. The Morgan fingerprint density at radius 2 is 1.85 bits per heavy atom. The first-order valence-electron chi connectivity index (χ1n) is 11.9. The number of nitrogens with one attached hydrogen (secondary N) is 2. The van der Waals surface area contributed by atoms with Crippen molar-refractivity contribution in [2.24, 2.45) is 7.05 Å². The van der Waals surface area contributed by atoms with Gasteiger partial charge in [-0.1, -0.05) is 11.6 Å². The van der Waals surface area contributed by atoms with Gasteiger partial charge in [-0.05, 0) is 55.3 Å². The average molecular weight is 561 g/mol. The van der Waals surface area contributed by atoms with Gasteiger partial charge in [-0.2, -0.15) is 18.3 Å². The van der Waals surface area contributed by atoms with E-state index in [9.17, 15) is 31.5 Å². The molecule has 2 heterocycles. The van der Waals surface area contributed by atoms with E-state index in [0.29, 0.717) is 29.1 Å². The van der Waals surface area contributed by atoms with Crippen LogP contribution in [0.1, 0.15) is 67.9 Å². The van der Waals surface area contributed by atoms with Crippen LogP contribution in [0, 0.1) is 11.6 Å². The summed E-state index contributed by atoms with van der Waals surface area (Å²) in [5.74, 6) is -3.22. The lowest BCUT2D eigenvalue weighted by molar-refractivity contribution is -0.137. The van der Waals surface area contributed by atoms with Crippen molar-refractivity contribution in [2.45, 2.75) is 31.0 Å². The molecule has 12 heteroatoms. The number of hydrogen-bond acceptors (Lipinski definition) is 3. The number of benzene rings is 3. The third-order valence-corrected chi connectivity index (χ3v) is 7.32. The molecule has 200 valence electrons. The molecule has 6 rings (SSSR count). The van der Waals surface area contributed by atoms with Gasteiger partial charge in [0, 0.05) is 51.4 Å². The molecule has 3 aromatic carbocycles. The van der Waals surface area contributed by atoms with Crippen molar-refractivity contribution in [1.82, 2.24) is 15.1 Å². The molecule has 39 heavy (non-hydrogen) atoms. The third-order valence-electron chi connectivity index (χ3n) is 6.97. The number of carbonyl (C=O) groups is 2. The van der Waals surface area contributed by atoms with E-state index in [1.165, 1.54) is 6.07 Å². The van der Waals surface area contributed by atoms with E-state index in [-0.39, 0.29) is 33.3 Å². The lowest BCUT2D eigenvalue weighted by Crippen LogP contribution is -2.21. The van der Waals surface area contributed by atoms with Crippen molar-refractivity contribution in [3.63, 3.8) is 0 Å². The van der Waals surface area contributed by atoms with Crippen molar-refractivity contribution >= 4 is 40.0 Å². The number of aryl methyl sites for hydroxylation is 1. The Kier molecular flexibility index (Phi) is 5.69. The molecule has 1 unspecified atom stereocenters. The van der Waals surface area contributed by atoms with Gasteiger partial charge in [0.2, 0.25) is 0 Å². The number of carbonyl (C=O) groups excluding carboxylic acids is 2. The lowest BCUT2D eigenvalue weighted by atomic mass is 9.93. The molecule has 1 aromatic heterocycles. The Morgan fingerprint density at radius 3 is 2.54 bits per heavy atom. The maximum Gasteiger partial charge on any atom is 0.416 e. The van der Waals surface area contributed by atoms with Gasteiger partial charge in [0.15, 0.2) is 0 Å². The van der Waals surface area contributed by atoms with Crippen LogP contribution < -0.4 is 10.6 Å². The topological polar surface area (TPSA) is 76.0 Å². The maximum atomic E-state index is 14.2. The zero-order valence-corrected chi connectivity index (χ0v) is 20.8. The quantitative estimate of drug-likeness (QED) is 0.280. The number of anilines is 1. The van der Waals surface area contributed by atoms with Crippen molar-refractivity contribution in [3.8, 4) is 0 Å². The Balaban J connectivity index is 1.55. The molecule has 1 fully saturated rings. The van der Waals surface area contributed by atoms with Gasteiger partial charge in [0.1, 0.15) is 17.2 Å². The van der Waals surface area contributed by atoms with Crippen LogP contribution in [-0.4, -0.2) is 21.6 Å². The molecular weight excluding hydrogens is 543 g/mol. The molecule has 1 aliphatic heterocycles. The minimum absolute atomic E-state index is 0.0823. The van der Waals surface area contributed by atoms with Crippen LogP contribution in [0.15, 0.2) is 42.5 Å². The largest absolute Gasteiger partial charge is 0.416 e. The van der Waals surface area contributed by atoms with E-state index in [4.69, 9.17) is 11.6 Å². The van der Waals surface area contributed by atoms with Crippen LogP contribution >= 0.6 is 11.6 Å². The van der Waals surface area contributed by atoms with Gasteiger partial charge in [0.25, 0.3) is 11.8 Å². The van der Waals surface area contributed by atoms with E-state index in [1.807, 2.05) is 0 Å². The monoisotopic (exact) mass is 560 g/mol. The van der Waals surface area contributed by atoms with Crippen molar-refractivity contribution in [3.05, 3.63) is 92.6 Å². The highest BCUT2D eigenvalue weighted by atomic mass is 35.5. The Bertz CT molecular complexity index is 1710. The summed E-state index contributed by atoms with van der Waals surface area (Å²) < 4.78 is 69.7. The fourth-order valence-electron chi connectivity index (χ4n) is 5.16. The SMILES string of the molecule is Cn1nc2c3c(c(NC(=O)c4cc(F)cc(C(F)(F)F)c4)cc2c1C1CC1)C(c1cc(F)ccc1Cl)NC3=O. The van der Waals surface area contributed by atoms with Crippen molar-refractivity contribution in [2.75, 3.05) is 5.32 Å². The minimum Gasteiger partial charge on any atom is -0.341 e. The Hall–Kier alpha value is -3.99. The summed E-state index contributed by atoms with van der Waals surface area (Å²) in [6.07, 6.45) is -3.06. The molecule has 2 aliphatic rings. The fourth-order valence-corrected chi connectivity index (χ4v) is 5.39. The number of rotatable bonds is 4. The molecule has 0 radical (unpaired) electrons. The molecule has 4 aromatic rings. The predicted molar refractivity (Wildman–Crippen MR) is 133 cm³/mol. The van der Waals surface area contributed by atoms with Crippen LogP contribution in [-0.2, 0) is 13.2 Å². The molecule has 2 N–H and O–H groups in total. The van der Waals surface area contributed by atoms with Crippen molar-refractivity contribution < 1.29 is 31.5 Å². The highest BCUT2D eigenvalue weighted by Crippen LogP contribution is 2.48. The standard InChI is InChI=1S/C27H18ClF5N4O2/c1-37-24(11-2-3-11)17-10-19(34-25(38)12-6-13(27(31,32)33)8-15(30)7-12)20-21(23(17)36-37)26(39)35-22(20)16-9-14(29)4-5-18(16)28/h4-11,22H,2-3H2,1H3,(H,34,38)(H,35,39). The van der Waals surface area contributed by atoms with Gasteiger partial charge < -0.3 is 10.6 Å². The first kappa shape index (κ1) is 25.3. The molecule has 6 nitrogen and oxygen atoms in total. The van der Waals surface area contributed by atoms with Crippen molar-refractivity contribution in [1.29, 1.82) is 0 Å². The van der Waals surface area contributed by atoms with Gasteiger partial charge >= 0.3 is 6.18 Å². The van der Waals surface area contributed by atoms with E-state index in [2.05, 4.69) is 15.7 Å². The van der Waals surface area contributed by atoms with Gasteiger partial charge in [-0.3, -0.25) is 14.3 Å². The predicted octanol–water partition coefficient (Wildman–Crippen LogP) is 6.49. The van der Waals surface area contributed by atoms with Crippen LogP contribution in [0.5, 0.6) is 0 Å². The molecule has 1 saturated carbocycles. The zero-order valence-electron chi connectivity index (χ0n) is 20.1. The molecule has 2 amide bonds. The molecule has 0 bridgehead atoms. The van der Waals surface area contributed by atoms with Gasteiger partial charge in [-0.25, -0.2) is 8.78 Å². The summed E-state index contributed by atoms with van der Waals surface area (Å²) in [6.45, 7) is 0. The molecule has 0 spiro atoms. The number of alkyl halides is 3. The van der Waals surface area contributed by atoms with Gasteiger partial charge in [0.05, 0.1) is 17.2 Å². The molecular formula is C27H18ClF5N4O2. The van der Waals surface area contributed by atoms with Crippen LogP contribution in [0.2, 0.25) is 5.02 Å². The Labute approximate surface area is 222 Å². The second kappa shape index (κ2) is 8.77. The fraction of sp³-hybridized carbons (Fsp3) is 0.222. The number of amides is 2. The average Bonchev–Trinajstić information content (AvgIpc) is 3.55. The summed E-state index contributed by atoms with van der Waals surface area (Å²) in [5.41, 5.74) is -0.0353. The third kappa shape index (κ3) is 4.30. The number of hydrogen-bond donors (Lipinski definition) is 2. The molecule has 1 aliphatic carbocycles. The lowest BCUT2D eigenvalue weighted by Gasteiger charge is -2.18. The summed E-state index contributed by atoms with van der Waals surface area (Å²) in [4.78, 5) is 26.5. The zero-order chi connectivity index (χ0) is 27.8. The van der Waals surface area contributed by atoms with E-state index >= 15 is 0 Å². The minimum atomic E-state index is -4.87. The van der Waals surface area contributed by atoms with Crippen LogP contribution in [0.3, 0.4) is 0 Å². The normalized spacial score (nSPS) is 16.9. The molecule has 0 saturated heterocycles. The number of fused-ring (bicyclic) bond motifs is 3. The summed E-state index contributed by atoms with van der Waals surface area (Å²) >= 11 is 6.35. The second-order valence-electron chi connectivity index (χ2n) is 9.64. The van der Waals surface area contributed by atoms with E-state index in [1.54, 1.807) is 17.8 Å². The van der Waals surface area contributed by atoms with Crippen LogP contribution in [0.4, 0.5) is 27.6 Å². The summed E-state index contributed by atoms with van der Waals surface area (Å²) in [5, 5.41) is 10.6. The van der Waals surface area contributed by atoms with E-state index < -0.39 is 46.8 Å². The smallest absolute Gasteiger partial charge is 0.341 e. The second-order valence-corrected chi connectivity index (χ2v) is 10.1. The highest BCUT2D eigenvalue weighted by Gasteiger charge is 2.39.